The number of hydrogen-bond acceptors (Lipinski definition) is 2. The molecule has 2 aromatic carbocycles. The third-order valence-electron chi connectivity index (χ3n) is 3.94. The van der Waals surface area contributed by atoms with Crippen molar-refractivity contribution in [3.8, 4) is 0 Å². The summed E-state index contributed by atoms with van der Waals surface area (Å²) in [5.74, 6) is 0. The van der Waals surface area contributed by atoms with E-state index in [4.69, 9.17) is 11.6 Å². The molecule has 120 valence electrons. The van der Waals surface area contributed by atoms with Gasteiger partial charge in [0.05, 0.1) is 6.67 Å². The standard InChI is InChI=1S/C18H20ClN3O/c19-17-10-5-4-7-15(17)13-21-11-6-12-22(14-21)18(23)20-16-8-2-1-3-9-16/h1-5,7-10H,6,11-14H2,(H,20,23). The Balaban J connectivity index is 1.59. The first-order valence-corrected chi connectivity index (χ1v) is 8.17. The molecular weight excluding hydrogens is 310 g/mol. The number of carbonyl (C=O) groups excluding carboxylic acids is 1. The predicted octanol–water partition coefficient (Wildman–Crippen LogP) is 4.04. The molecule has 1 saturated heterocycles. The lowest BCUT2D eigenvalue weighted by molar-refractivity contribution is 0.105. The summed E-state index contributed by atoms with van der Waals surface area (Å²) in [4.78, 5) is 16.5. The van der Waals surface area contributed by atoms with Crippen molar-refractivity contribution in [1.29, 1.82) is 0 Å². The molecule has 0 bridgehead atoms. The first-order valence-electron chi connectivity index (χ1n) is 7.79. The second kappa shape index (κ2) is 7.49. The average molecular weight is 330 g/mol. The number of urea groups is 1. The van der Waals surface area contributed by atoms with E-state index in [-0.39, 0.29) is 6.03 Å². The molecule has 0 unspecified atom stereocenters. The number of rotatable bonds is 3. The summed E-state index contributed by atoms with van der Waals surface area (Å²) in [5, 5.41) is 3.72. The van der Waals surface area contributed by atoms with Gasteiger partial charge in [-0.15, -0.1) is 0 Å². The van der Waals surface area contributed by atoms with Crippen LogP contribution in [0.2, 0.25) is 5.02 Å². The fourth-order valence-electron chi connectivity index (χ4n) is 2.75. The minimum Gasteiger partial charge on any atom is -0.311 e. The molecule has 1 aliphatic rings. The van der Waals surface area contributed by atoms with E-state index in [1.807, 2.05) is 59.5 Å². The number of halogens is 1. The van der Waals surface area contributed by atoms with Gasteiger partial charge >= 0.3 is 6.03 Å². The number of amides is 2. The number of hydrogen-bond donors (Lipinski definition) is 1. The Morgan fingerprint density at radius 3 is 2.57 bits per heavy atom. The molecular formula is C18H20ClN3O. The van der Waals surface area contributed by atoms with Crippen LogP contribution in [0.3, 0.4) is 0 Å². The summed E-state index contributed by atoms with van der Waals surface area (Å²) >= 11 is 6.23. The van der Waals surface area contributed by atoms with E-state index in [0.717, 1.165) is 42.3 Å². The van der Waals surface area contributed by atoms with Crippen LogP contribution in [0.5, 0.6) is 0 Å². The van der Waals surface area contributed by atoms with Crippen LogP contribution < -0.4 is 5.32 Å². The molecule has 1 N–H and O–H groups in total. The first-order chi connectivity index (χ1) is 11.2. The summed E-state index contributed by atoms with van der Waals surface area (Å²) in [7, 11) is 0. The second-order valence-electron chi connectivity index (χ2n) is 5.70. The largest absolute Gasteiger partial charge is 0.322 e. The highest BCUT2D eigenvalue weighted by atomic mass is 35.5. The van der Waals surface area contributed by atoms with Gasteiger partial charge in [-0.2, -0.15) is 0 Å². The molecule has 4 nitrogen and oxygen atoms in total. The minimum atomic E-state index is -0.0555. The van der Waals surface area contributed by atoms with Gasteiger partial charge in [0, 0.05) is 30.3 Å². The molecule has 5 heteroatoms. The van der Waals surface area contributed by atoms with Crippen molar-refractivity contribution < 1.29 is 4.79 Å². The predicted molar refractivity (Wildman–Crippen MR) is 93.5 cm³/mol. The third-order valence-corrected chi connectivity index (χ3v) is 4.31. The van der Waals surface area contributed by atoms with Crippen LogP contribution in [0.4, 0.5) is 10.5 Å². The fourth-order valence-corrected chi connectivity index (χ4v) is 2.95. The maximum absolute atomic E-state index is 12.4. The van der Waals surface area contributed by atoms with Crippen molar-refractivity contribution in [2.75, 3.05) is 25.1 Å². The maximum Gasteiger partial charge on any atom is 0.322 e. The van der Waals surface area contributed by atoms with Crippen LogP contribution in [-0.2, 0) is 6.54 Å². The first kappa shape index (κ1) is 15.8. The molecule has 2 amide bonds. The van der Waals surface area contributed by atoms with Crippen molar-refractivity contribution >= 4 is 23.3 Å². The normalized spacial score (nSPS) is 15.4. The number of nitrogens with zero attached hydrogens (tertiary/aromatic N) is 2. The van der Waals surface area contributed by atoms with Crippen LogP contribution in [-0.4, -0.2) is 35.6 Å². The zero-order valence-electron chi connectivity index (χ0n) is 12.9. The summed E-state index contributed by atoms with van der Waals surface area (Å²) in [6, 6.07) is 17.3. The van der Waals surface area contributed by atoms with Crippen molar-refractivity contribution in [2.24, 2.45) is 0 Å². The van der Waals surface area contributed by atoms with Crippen LogP contribution in [0.1, 0.15) is 12.0 Å². The number of carbonyl (C=O) groups is 1. The van der Waals surface area contributed by atoms with Crippen LogP contribution in [0, 0.1) is 0 Å². The molecule has 2 aromatic rings. The summed E-state index contributed by atoms with van der Waals surface area (Å²) < 4.78 is 0. The number of anilines is 1. The van der Waals surface area contributed by atoms with Gasteiger partial charge in [0.25, 0.3) is 0 Å². The van der Waals surface area contributed by atoms with E-state index >= 15 is 0 Å². The molecule has 23 heavy (non-hydrogen) atoms. The van der Waals surface area contributed by atoms with Crippen LogP contribution in [0.25, 0.3) is 0 Å². The quantitative estimate of drug-likeness (QED) is 0.922. The topological polar surface area (TPSA) is 35.6 Å². The Hall–Kier alpha value is -2.04. The summed E-state index contributed by atoms with van der Waals surface area (Å²) in [5.41, 5.74) is 1.92. The van der Waals surface area contributed by atoms with Gasteiger partial charge in [-0.1, -0.05) is 48.0 Å². The Bertz CT molecular complexity index is 662. The zero-order valence-corrected chi connectivity index (χ0v) is 13.7. The number of para-hydroxylation sites is 1. The van der Waals surface area contributed by atoms with E-state index in [2.05, 4.69) is 10.2 Å². The molecule has 0 atom stereocenters. The molecule has 1 aliphatic heterocycles. The lowest BCUT2D eigenvalue weighted by Crippen LogP contribution is -2.48. The number of benzene rings is 2. The van der Waals surface area contributed by atoms with E-state index in [1.54, 1.807) is 0 Å². The second-order valence-corrected chi connectivity index (χ2v) is 6.11. The molecule has 0 aliphatic carbocycles. The van der Waals surface area contributed by atoms with Crippen molar-refractivity contribution in [2.45, 2.75) is 13.0 Å². The Labute approximate surface area is 141 Å². The SMILES string of the molecule is O=C(Nc1ccccc1)N1CCCN(Cc2ccccc2Cl)C1. The zero-order chi connectivity index (χ0) is 16.1. The molecule has 0 aromatic heterocycles. The van der Waals surface area contributed by atoms with E-state index < -0.39 is 0 Å². The van der Waals surface area contributed by atoms with Gasteiger partial charge < -0.3 is 10.2 Å². The van der Waals surface area contributed by atoms with Gasteiger partial charge in [-0.3, -0.25) is 4.90 Å². The summed E-state index contributed by atoms with van der Waals surface area (Å²) in [6.45, 7) is 3.12. The maximum atomic E-state index is 12.4. The lowest BCUT2D eigenvalue weighted by atomic mass is 10.2. The van der Waals surface area contributed by atoms with Crippen LogP contribution >= 0.6 is 11.6 Å². The van der Waals surface area contributed by atoms with Crippen molar-refractivity contribution in [3.63, 3.8) is 0 Å². The third kappa shape index (κ3) is 4.24. The van der Waals surface area contributed by atoms with Gasteiger partial charge in [0.1, 0.15) is 0 Å². The molecule has 3 rings (SSSR count). The Morgan fingerprint density at radius 1 is 1.04 bits per heavy atom. The monoisotopic (exact) mass is 329 g/mol. The summed E-state index contributed by atoms with van der Waals surface area (Å²) in [6.07, 6.45) is 0.965. The molecule has 1 heterocycles. The fraction of sp³-hybridized carbons (Fsp3) is 0.278. The molecule has 0 spiro atoms. The number of nitrogens with one attached hydrogen (secondary N) is 1. The van der Waals surface area contributed by atoms with Gasteiger partial charge in [-0.25, -0.2) is 4.79 Å². The van der Waals surface area contributed by atoms with E-state index in [0.29, 0.717) is 6.67 Å². The highest BCUT2D eigenvalue weighted by Crippen LogP contribution is 2.19. The van der Waals surface area contributed by atoms with Crippen LogP contribution in [0.15, 0.2) is 54.6 Å². The average Bonchev–Trinajstić information content (AvgIpc) is 2.58. The molecule has 1 fully saturated rings. The highest BCUT2D eigenvalue weighted by Gasteiger charge is 2.22. The Kier molecular flexibility index (Phi) is 5.16. The van der Waals surface area contributed by atoms with Crippen molar-refractivity contribution in [1.82, 2.24) is 9.80 Å². The molecule has 0 saturated carbocycles. The Morgan fingerprint density at radius 2 is 1.78 bits per heavy atom. The van der Waals surface area contributed by atoms with Crippen molar-refractivity contribution in [3.05, 3.63) is 65.2 Å². The van der Waals surface area contributed by atoms with Gasteiger partial charge in [0.15, 0.2) is 0 Å². The van der Waals surface area contributed by atoms with E-state index in [1.165, 1.54) is 0 Å². The highest BCUT2D eigenvalue weighted by molar-refractivity contribution is 6.31. The lowest BCUT2D eigenvalue weighted by Gasteiger charge is -2.35. The minimum absolute atomic E-state index is 0.0555. The van der Waals surface area contributed by atoms with Gasteiger partial charge in [-0.05, 0) is 30.2 Å². The van der Waals surface area contributed by atoms with E-state index in [9.17, 15) is 4.79 Å². The van der Waals surface area contributed by atoms with Gasteiger partial charge in [0.2, 0.25) is 0 Å². The molecule has 0 radical (unpaired) electrons. The smallest absolute Gasteiger partial charge is 0.311 e.